The van der Waals surface area contributed by atoms with E-state index in [-0.39, 0.29) is 0 Å². The van der Waals surface area contributed by atoms with Crippen LogP contribution in [0.25, 0.3) is 0 Å². The molecule has 0 unspecified atom stereocenters. The molecule has 0 aromatic rings. The molecule has 1 heterocycles. The Morgan fingerprint density at radius 3 is 0.833 bits per heavy atom. The zero-order chi connectivity index (χ0) is 13.7. The van der Waals surface area contributed by atoms with Gasteiger partial charge in [0.2, 0.25) is 0 Å². The summed E-state index contributed by atoms with van der Waals surface area (Å²) in [5.41, 5.74) is 0. The molecule has 1 rings (SSSR count). The van der Waals surface area contributed by atoms with E-state index in [1.165, 1.54) is 19.3 Å². The standard InChI is InChI=1S/C15H33N3/c1-7-13-16(10-4)14(8-2)18(12-6)15(9-3)17(13)11-5/h13-15H,7-12H2,1-6H3. The van der Waals surface area contributed by atoms with Crippen LogP contribution >= 0.6 is 0 Å². The third-order valence-corrected chi connectivity index (χ3v) is 4.49. The lowest BCUT2D eigenvalue weighted by molar-refractivity contribution is -0.171. The summed E-state index contributed by atoms with van der Waals surface area (Å²) < 4.78 is 0. The highest BCUT2D eigenvalue weighted by molar-refractivity contribution is 4.89. The maximum absolute atomic E-state index is 2.69. The molecule has 0 aromatic carbocycles. The van der Waals surface area contributed by atoms with Crippen LogP contribution in [0.4, 0.5) is 0 Å². The molecule has 0 saturated carbocycles. The second-order valence-electron chi connectivity index (χ2n) is 5.16. The van der Waals surface area contributed by atoms with Crippen LogP contribution in [0.5, 0.6) is 0 Å². The van der Waals surface area contributed by atoms with E-state index in [0.29, 0.717) is 18.5 Å². The van der Waals surface area contributed by atoms with Gasteiger partial charge < -0.3 is 0 Å². The molecule has 1 fully saturated rings. The van der Waals surface area contributed by atoms with Gasteiger partial charge in [0.05, 0.1) is 18.5 Å². The van der Waals surface area contributed by atoms with Gasteiger partial charge >= 0.3 is 0 Å². The lowest BCUT2D eigenvalue weighted by atomic mass is 10.1. The Labute approximate surface area is 114 Å². The highest BCUT2D eigenvalue weighted by atomic mass is 15.6. The van der Waals surface area contributed by atoms with Gasteiger partial charge in [-0.05, 0) is 38.9 Å². The second kappa shape index (κ2) is 7.46. The first-order chi connectivity index (χ1) is 8.69. The van der Waals surface area contributed by atoms with Crippen LogP contribution in [0.1, 0.15) is 60.8 Å². The summed E-state index contributed by atoms with van der Waals surface area (Å²) in [5.74, 6) is 0. The molecule has 108 valence electrons. The Hall–Kier alpha value is -0.120. The molecule has 3 nitrogen and oxygen atoms in total. The molecule has 0 bridgehead atoms. The minimum atomic E-state index is 0.623. The molecule has 3 heteroatoms. The molecular formula is C15H33N3. The molecule has 0 radical (unpaired) electrons. The normalized spacial score (nSPS) is 32.0. The number of rotatable bonds is 6. The van der Waals surface area contributed by atoms with Gasteiger partial charge in [-0.3, -0.25) is 14.7 Å². The Morgan fingerprint density at radius 1 is 0.500 bits per heavy atom. The van der Waals surface area contributed by atoms with E-state index in [9.17, 15) is 0 Å². The van der Waals surface area contributed by atoms with E-state index in [0.717, 1.165) is 19.6 Å². The number of nitrogens with zero attached hydrogens (tertiary/aromatic N) is 3. The van der Waals surface area contributed by atoms with Gasteiger partial charge in [-0.25, -0.2) is 0 Å². The molecule has 0 amide bonds. The topological polar surface area (TPSA) is 9.72 Å². The Morgan fingerprint density at radius 2 is 0.722 bits per heavy atom. The average molecular weight is 255 g/mol. The largest absolute Gasteiger partial charge is 0.272 e. The van der Waals surface area contributed by atoms with E-state index in [4.69, 9.17) is 0 Å². The molecule has 0 N–H and O–H groups in total. The van der Waals surface area contributed by atoms with Crippen molar-refractivity contribution in [1.29, 1.82) is 0 Å². The second-order valence-corrected chi connectivity index (χ2v) is 5.16. The van der Waals surface area contributed by atoms with Crippen molar-refractivity contribution >= 4 is 0 Å². The predicted octanol–water partition coefficient (Wildman–Crippen LogP) is 3.17. The van der Waals surface area contributed by atoms with E-state index >= 15 is 0 Å². The van der Waals surface area contributed by atoms with Crippen molar-refractivity contribution in [3.8, 4) is 0 Å². The highest BCUT2D eigenvalue weighted by Gasteiger charge is 2.41. The highest BCUT2D eigenvalue weighted by Crippen LogP contribution is 2.30. The van der Waals surface area contributed by atoms with Gasteiger partial charge in [0.1, 0.15) is 0 Å². The van der Waals surface area contributed by atoms with Crippen LogP contribution in [-0.2, 0) is 0 Å². The lowest BCUT2D eigenvalue weighted by Crippen LogP contribution is -2.70. The van der Waals surface area contributed by atoms with E-state index < -0.39 is 0 Å². The molecule has 1 aliphatic heterocycles. The quantitative estimate of drug-likeness (QED) is 0.722. The first kappa shape index (κ1) is 15.9. The molecule has 1 saturated heterocycles. The molecule has 18 heavy (non-hydrogen) atoms. The van der Waals surface area contributed by atoms with Crippen molar-refractivity contribution < 1.29 is 0 Å². The van der Waals surface area contributed by atoms with Crippen LogP contribution < -0.4 is 0 Å². The maximum Gasteiger partial charge on any atom is 0.0646 e. The van der Waals surface area contributed by atoms with Gasteiger partial charge in [-0.15, -0.1) is 0 Å². The summed E-state index contributed by atoms with van der Waals surface area (Å²) >= 11 is 0. The zero-order valence-corrected chi connectivity index (χ0v) is 13.3. The fourth-order valence-electron chi connectivity index (χ4n) is 3.84. The molecule has 0 spiro atoms. The zero-order valence-electron chi connectivity index (χ0n) is 13.3. The summed E-state index contributed by atoms with van der Waals surface area (Å²) in [5, 5.41) is 0. The van der Waals surface area contributed by atoms with Crippen molar-refractivity contribution in [3.05, 3.63) is 0 Å². The summed E-state index contributed by atoms with van der Waals surface area (Å²) in [7, 11) is 0. The predicted molar refractivity (Wildman–Crippen MR) is 79.4 cm³/mol. The van der Waals surface area contributed by atoms with Gasteiger partial charge in [-0.2, -0.15) is 0 Å². The van der Waals surface area contributed by atoms with Gasteiger partial charge in [0.25, 0.3) is 0 Å². The maximum atomic E-state index is 2.69. The summed E-state index contributed by atoms with van der Waals surface area (Å²) in [6, 6.07) is 0. The van der Waals surface area contributed by atoms with Crippen LogP contribution in [0.3, 0.4) is 0 Å². The lowest BCUT2D eigenvalue weighted by Gasteiger charge is -2.57. The monoisotopic (exact) mass is 255 g/mol. The van der Waals surface area contributed by atoms with E-state index in [2.05, 4.69) is 56.2 Å². The molecule has 0 aliphatic carbocycles. The van der Waals surface area contributed by atoms with Crippen LogP contribution in [0.15, 0.2) is 0 Å². The smallest absolute Gasteiger partial charge is 0.0646 e. The van der Waals surface area contributed by atoms with Crippen molar-refractivity contribution in [2.45, 2.75) is 79.3 Å². The number of hydrogen-bond acceptors (Lipinski definition) is 3. The van der Waals surface area contributed by atoms with Crippen molar-refractivity contribution in [1.82, 2.24) is 14.7 Å². The summed E-state index contributed by atoms with van der Waals surface area (Å²) in [6.07, 6.45) is 5.55. The average Bonchev–Trinajstić information content (AvgIpc) is 2.43. The molecular weight excluding hydrogens is 222 g/mol. The van der Waals surface area contributed by atoms with Crippen molar-refractivity contribution in [2.24, 2.45) is 0 Å². The number of hydrogen-bond donors (Lipinski definition) is 0. The van der Waals surface area contributed by atoms with Crippen LogP contribution in [-0.4, -0.2) is 52.8 Å². The van der Waals surface area contributed by atoms with E-state index in [1.54, 1.807) is 0 Å². The van der Waals surface area contributed by atoms with Crippen LogP contribution in [0, 0.1) is 0 Å². The first-order valence-electron chi connectivity index (χ1n) is 7.97. The third-order valence-electron chi connectivity index (χ3n) is 4.49. The summed E-state index contributed by atoms with van der Waals surface area (Å²) in [6.45, 7) is 17.4. The SMILES string of the molecule is CCC1N(CC)C(CC)N(CC)C(CC)N1CC. The summed E-state index contributed by atoms with van der Waals surface area (Å²) in [4.78, 5) is 8.08. The third kappa shape index (κ3) is 2.73. The first-order valence-corrected chi connectivity index (χ1v) is 7.97. The Bertz CT molecular complexity index is 158. The fraction of sp³-hybridized carbons (Fsp3) is 1.00. The molecule has 0 atom stereocenters. The molecule has 0 aromatic heterocycles. The van der Waals surface area contributed by atoms with Crippen molar-refractivity contribution in [2.75, 3.05) is 19.6 Å². The minimum Gasteiger partial charge on any atom is -0.272 e. The van der Waals surface area contributed by atoms with E-state index in [1.807, 2.05) is 0 Å². The van der Waals surface area contributed by atoms with Gasteiger partial charge in [0, 0.05) is 0 Å². The van der Waals surface area contributed by atoms with Gasteiger partial charge in [-0.1, -0.05) is 41.5 Å². The minimum absolute atomic E-state index is 0.623. The van der Waals surface area contributed by atoms with Crippen molar-refractivity contribution in [3.63, 3.8) is 0 Å². The Balaban J connectivity index is 3.06. The fourth-order valence-corrected chi connectivity index (χ4v) is 3.84. The molecule has 1 aliphatic rings. The Kier molecular flexibility index (Phi) is 6.61. The van der Waals surface area contributed by atoms with Gasteiger partial charge in [0.15, 0.2) is 0 Å². The van der Waals surface area contributed by atoms with Crippen LogP contribution in [0.2, 0.25) is 0 Å².